The summed E-state index contributed by atoms with van der Waals surface area (Å²) in [7, 11) is 1.50. The van der Waals surface area contributed by atoms with Crippen LogP contribution in [0.1, 0.15) is 41.1 Å². The van der Waals surface area contributed by atoms with Gasteiger partial charge in [-0.25, -0.2) is 14.4 Å². The maximum atomic E-state index is 14.6. The van der Waals surface area contributed by atoms with Gasteiger partial charge in [0.25, 0.3) is 11.8 Å². The molecule has 0 saturated heterocycles. The van der Waals surface area contributed by atoms with Gasteiger partial charge in [-0.1, -0.05) is 25.2 Å². The molecule has 0 bridgehead atoms. The molecule has 0 unspecified atom stereocenters. The Hall–Kier alpha value is -3.37. The molecule has 0 spiro atoms. The van der Waals surface area contributed by atoms with Gasteiger partial charge in [0.05, 0.1) is 22.1 Å². The molecule has 1 aromatic carbocycles. The molecule has 34 heavy (non-hydrogen) atoms. The molecule has 2 N–H and O–H groups in total. The Morgan fingerprint density at radius 2 is 1.97 bits per heavy atom. The van der Waals surface area contributed by atoms with E-state index in [2.05, 4.69) is 39.3 Å². The smallest absolute Gasteiger partial charge is 0.269 e. The summed E-state index contributed by atoms with van der Waals surface area (Å²) in [5.41, 5.74) is 2.17. The Morgan fingerprint density at radius 1 is 1.18 bits per heavy atom. The van der Waals surface area contributed by atoms with Crippen molar-refractivity contribution in [3.8, 4) is 11.3 Å². The highest BCUT2D eigenvalue weighted by Crippen LogP contribution is 2.30. The molecule has 0 radical (unpaired) electrons. The monoisotopic (exact) mass is 482 g/mol. The van der Waals surface area contributed by atoms with Gasteiger partial charge in [-0.05, 0) is 50.3 Å². The van der Waals surface area contributed by atoms with E-state index in [0.29, 0.717) is 28.5 Å². The number of hydrogen-bond donors (Lipinski definition) is 2. The molecular formula is C24H27FN6O2S. The number of thiazole rings is 1. The van der Waals surface area contributed by atoms with Crippen LogP contribution in [0.3, 0.4) is 0 Å². The zero-order valence-corrected chi connectivity index (χ0v) is 20.2. The van der Waals surface area contributed by atoms with E-state index in [1.807, 2.05) is 4.40 Å². The Kier molecular flexibility index (Phi) is 7.18. The van der Waals surface area contributed by atoms with Crippen LogP contribution in [0.5, 0.6) is 0 Å². The molecule has 0 saturated carbocycles. The number of carbonyl (C=O) groups excluding carboxylic acids is 2. The molecule has 10 heteroatoms. The highest BCUT2D eigenvalue weighted by molar-refractivity contribution is 7.23. The Bertz CT molecular complexity index is 1340. The third kappa shape index (κ3) is 4.78. The third-order valence-corrected chi connectivity index (χ3v) is 6.80. The average molecular weight is 483 g/mol. The van der Waals surface area contributed by atoms with Gasteiger partial charge in [-0.15, -0.1) is 0 Å². The van der Waals surface area contributed by atoms with E-state index in [-0.39, 0.29) is 17.4 Å². The number of nitrogens with zero attached hydrogens (tertiary/aromatic N) is 4. The van der Waals surface area contributed by atoms with Crippen LogP contribution in [0, 0.1) is 5.82 Å². The summed E-state index contributed by atoms with van der Waals surface area (Å²) >= 11 is 1.40. The zero-order valence-electron chi connectivity index (χ0n) is 19.4. The van der Waals surface area contributed by atoms with Crippen molar-refractivity contribution in [1.82, 2.24) is 29.9 Å². The summed E-state index contributed by atoms with van der Waals surface area (Å²) in [6.07, 6.45) is 4.26. The van der Waals surface area contributed by atoms with Crippen molar-refractivity contribution >= 4 is 38.3 Å². The van der Waals surface area contributed by atoms with Crippen LogP contribution in [0.15, 0.2) is 36.7 Å². The summed E-state index contributed by atoms with van der Waals surface area (Å²) in [6.45, 7) is 7.79. The number of aromatic nitrogens is 3. The van der Waals surface area contributed by atoms with E-state index < -0.39 is 5.82 Å². The standard InChI is InChI=1S/C24H27FN6O2S/c1-4-30(5-2)10-6-9-27-23(33)18-12-21-20(13-28-18)31-14-19(29-24(31)34-21)16-8-7-15(11-17(16)25)22(32)26-3/h7-8,11-14H,4-6,9-10H2,1-3H3,(H,26,32)(H,27,33). The molecular weight excluding hydrogens is 455 g/mol. The number of fused-ring (bicyclic) bond motifs is 3. The lowest BCUT2D eigenvalue weighted by molar-refractivity contribution is 0.0943. The number of halogens is 1. The molecule has 4 rings (SSSR count). The van der Waals surface area contributed by atoms with Gasteiger partial charge in [0, 0.05) is 30.9 Å². The van der Waals surface area contributed by atoms with Crippen molar-refractivity contribution in [2.24, 2.45) is 0 Å². The number of amides is 2. The van der Waals surface area contributed by atoms with Gasteiger partial charge in [0.15, 0.2) is 4.96 Å². The van der Waals surface area contributed by atoms with E-state index in [0.717, 1.165) is 36.3 Å². The van der Waals surface area contributed by atoms with Crippen LogP contribution in [-0.2, 0) is 0 Å². The molecule has 3 heterocycles. The minimum atomic E-state index is -0.519. The van der Waals surface area contributed by atoms with Crippen LogP contribution in [0.2, 0.25) is 0 Å². The Morgan fingerprint density at radius 3 is 2.68 bits per heavy atom. The third-order valence-electron chi connectivity index (χ3n) is 5.78. The lowest BCUT2D eigenvalue weighted by Gasteiger charge is -2.17. The second kappa shape index (κ2) is 10.3. The van der Waals surface area contributed by atoms with Gasteiger partial charge in [0.2, 0.25) is 0 Å². The summed E-state index contributed by atoms with van der Waals surface area (Å²) in [5, 5.41) is 5.41. The number of nitrogens with one attached hydrogen (secondary N) is 2. The van der Waals surface area contributed by atoms with Crippen molar-refractivity contribution in [3.63, 3.8) is 0 Å². The highest BCUT2D eigenvalue weighted by Gasteiger charge is 2.17. The molecule has 178 valence electrons. The van der Waals surface area contributed by atoms with Gasteiger partial charge in [-0.2, -0.15) is 0 Å². The summed E-state index contributed by atoms with van der Waals surface area (Å²) in [6, 6.07) is 6.08. The van der Waals surface area contributed by atoms with Crippen LogP contribution >= 0.6 is 11.3 Å². The van der Waals surface area contributed by atoms with E-state index in [9.17, 15) is 14.0 Å². The second-order valence-electron chi connectivity index (χ2n) is 7.83. The minimum absolute atomic E-state index is 0.202. The van der Waals surface area contributed by atoms with Crippen molar-refractivity contribution in [3.05, 3.63) is 53.7 Å². The van der Waals surface area contributed by atoms with Gasteiger partial charge < -0.3 is 15.5 Å². The largest absolute Gasteiger partial charge is 0.355 e. The number of imidazole rings is 1. The van der Waals surface area contributed by atoms with Crippen LogP contribution < -0.4 is 10.6 Å². The molecule has 3 aromatic heterocycles. The molecule has 2 amide bonds. The SMILES string of the molecule is CCN(CC)CCCNC(=O)c1cc2sc3nc(-c4ccc(C(=O)NC)cc4F)cn3c2cn1. The van der Waals surface area contributed by atoms with E-state index >= 15 is 0 Å². The molecule has 4 aromatic rings. The molecule has 0 aliphatic heterocycles. The Labute approximate surface area is 200 Å². The van der Waals surface area contributed by atoms with Gasteiger partial charge in [0.1, 0.15) is 11.5 Å². The number of carbonyl (C=O) groups is 2. The van der Waals surface area contributed by atoms with Gasteiger partial charge in [-0.3, -0.25) is 14.0 Å². The summed E-state index contributed by atoms with van der Waals surface area (Å²) < 4.78 is 17.4. The van der Waals surface area contributed by atoms with Crippen LogP contribution in [-0.4, -0.2) is 64.3 Å². The fourth-order valence-corrected chi connectivity index (χ4v) is 4.81. The number of pyridine rings is 1. The maximum Gasteiger partial charge on any atom is 0.269 e. The van der Waals surface area contributed by atoms with Crippen molar-refractivity contribution in [2.75, 3.05) is 33.2 Å². The molecule has 8 nitrogen and oxygen atoms in total. The molecule has 0 aliphatic rings. The molecule has 0 atom stereocenters. The first-order valence-electron chi connectivity index (χ1n) is 11.2. The normalized spacial score (nSPS) is 11.4. The van der Waals surface area contributed by atoms with Crippen molar-refractivity contribution in [2.45, 2.75) is 20.3 Å². The minimum Gasteiger partial charge on any atom is -0.355 e. The van der Waals surface area contributed by atoms with Crippen molar-refractivity contribution < 1.29 is 14.0 Å². The van der Waals surface area contributed by atoms with E-state index in [4.69, 9.17) is 0 Å². The summed E-state index contributed by atoms with van der Waals surface area (Å²) in [5.74, 6) is -1.07. The number of benzene rings is 1. The molecule has 0 fully saturated rings. The quantitative estimate of drug-likeness (QED) is 0.356. The van der Waals surface area contributed by atoms with Crippen LogP contribution in [0.4, 0.5) is 4.39 Å². The van der Waals surface area contributed by atoms with Crippen molar-refractivity contribution in [1.29, 1.82) is 0 Å². The number of rotatable bonds is 9. The fourth-order valence-electron chi connectivity index (χ4n) is 3.80. The average Bonchev–Trinajstić information content (AvgIpc) is 3.40. The van der Waals surface area contributed by atoms with Crippen LogP contribution in [0.25, 0.3) is 26.4 Å². The fraction of sp³-hybridized carbons (Fsp3) is 0.333. The first kappa shape index (κ1) is 23.8. The Balaban J connectivity index is 1.51. The lowest BCUT2D eigenvalue weighted by atomic mass is 10.1. The second-order valence-corrected chi connectivity index (χ2v) is 8.84. The first-order chi connectivity index (χ1) is 16.4. The lowest BCUT2D eigenvalue weighted by Crippen LogP contribution is -2.30. The maximum absolute atomic E-state index is 14.6. The zero-order chi connectivity index (χ0) is 24.2. The predicted molar refractivity (Wildman–Crippen MR) is 132 cm³/mol. The highest BCUT2D eigenvalue weighted by atomic mass is 32.1. The predicted octanol–water partition coefficient (Wildman–Crippen LogP) is 3.57. The van der Waals surface area contributed by atoms with E-state index in [1.165, 1.54) is 24.5 Å². The first-order valence-corrected chi connectivity index (χ1v) is 12.1. The number of hydrogen-bond acceptors (Lipinski definition) is 6. The topological polar surface area (TPSA) is 91.6 Å². The molecule has 0 aliphatic carbocycles. The van der Waals surface area contributed by atoms with E-state index in [1.54, 1.807) is 30.6 Å². The van der Waals surface area contributed by atoms with Gasteiger partial charge >= 0.3 is 0 Å². The summed E-state index contributed by atoms with van der Waals surface area (Å²) in [4.78, 5) is 36.1.